The number of nitrogens with two attached hydrogens (primary N) is 1. The fraction of sp³-hybridized carbons (Fsp3) is 0.600. The second-order valence-corrected chi connectivity index (χ2v) is 5.44. The maximum atomic E-state index is 13.9. The molecule has 18 heavy (non-hydrogen) atoms. The Kier molecular flexibility index (Phi) is 5.15. The lowest BCUT2D eigenvalue weighted by atomic mass is 9.76. The van der Waals surface area contributed by atoms with Crippen molar-refractivity contribution in [1.29, 1.82) is 0 Å². The second kappa shape index (κ2) is 6.19. The number of hydrogen-bond acceptors (Lipinski definition) is 2. The smallest absolute Gasteiger partial charge is 0.165 e. The average Bonchev–Trinajstić information content (AvgIpc) is 2.31. The molecule has 2 nitrogen and oxygen atoms in total. The van der Waals surface area contributed by atoms with Gasteiger partial charge in [-0.05, 0) is 37.0 Å². The molecule has 0 saturated carbocycles. The third kappa shape index (κ3) is 3.45. The van der Waals surface area contributed by atoms with E-state index in [2.05, 4.69) is 20.8 Å². The van der Waals surface area contributed by atoms with Gasteiger partial charge in [-0.25, -0.2) is 4.39 Å². The lowest BCUT2D eigenvalue weighted by Gasteiger charge is -2.30. The summed E-state index contributed by atoms with van der Waals surface area (Å²) in [5.74, 6) is 0.524. The maximum Gasteiger partial charge on any atom is 0.165 e. The lowest BCUT2D eigenvalue weighted by molar-refractivity contribution is 0.319. The molecule has 2 N–H and O–H groups in total. The number of halogens is 1. The summed E-state index contributed by atoms with van der Waals surface area (Å²) in [6, 6.07) is 5.17. The minimum Gasteiger partial charge on any atom is -0.491 e. The van der Waals surface area contributed by atoms with Crippen molar-refractivity contribution in [3.63, 3.8) is 0 Å². The van der Waals surface area contributed by atoms with Crippen LogP contribution in [0.1, 0.15) is 39.7 Å². The summed E-state index contributed by atoms with van der Waals surface area (Å²) in [6.07, 6.45) is 0.941. The van der Waals surface area contributed by atoms with Gasteiger partial charge in [0.25, 0.3) is 0 Å². The van der Waals surface area contributed by atoms with Gasteiger partial charge in [0.15, 0.2) is 11.6 Å². The molecule has 0 amide bonds. The first-order chi connectivity index (χ1) is 8.42. The molecule has 0 bridgehead atoms. The van der Waals surface area contributed by atoms with Gasteiger partial charge in [-0.1, -0.05) is 26.8 Å². The molecule has 0 fully saturated rings. The summed E-state index contributed by atoms with van der Waals surface area (Å²) < 4.78 is 19.1. The van der Waals surface area contributed by atoms with E-state index in [-0.39, 0.29) is 11.2 Å². The van der Waals surface area contributed by atoms with Crippen LogP contribution in [-0.4, -0.2) is 13.2 Å². The predicted octanol–water partition coefficient (Wildman–Crippen LogP) is 3.49. The van der Waals surface area contributed by atoms with E-state index in [9.17, 15) is 4.39 Å². The van der Waals surface area contributed by atoms with Crippen LogP contribution in [-0.2, 0) is 5.41 Å². The largest absolute Gasteiger partial charge is 0.491 e. The molecular weight excluding hydrogens is 229 g/mol. The van der Waals surface area contributed by atoms with Gasteiger partial charge in [-0.2, -0.15) is 0 Å². The number of benzene rings is 1. The Labute approximate surface area is 109 Å². The van der Waals surface area contributed by atoms with Gasteiger partial charge >= 0.3 is 0 Å². The zero-order valence-corrected chi connectivity index (χ0v) is 11.8. The minimum atomic E-state index is -0.308. The summed E-state index contributed by atoms with van der Waals surface area (Å²) in [5, 5.41) is 0. The van der Waals surface area contributed by atoms with Crippen molar-refractivity contribution in [2.75, 3.05) is 13.2 Å². The van der Waals surface area contributed by atoms with Gasteiger partial charge in [-0.3, -0.25) is 0 Å². The Bertz CT molecular complexity index is 392. The van der Waals surface area contributed by atoms with Crippen LogP contribution in [0.2, 0.25) is 0 Å². The van der Waals surface area contributed by atoms with E-state index >= 15 is 0 Å². The van der Waals surface area contributed by atoms with Crippen molar-refractivity contribution in [3.05, 3.63) is 29.6 Å². The molecule has 0 aliphatic carbocycles. The molecule has 1 aromatic rings. The zero-order chi connectivity index (χ0) is 13.8. The Morgan fingerprint density at radius 1 is 1.39 bits per heavy atom. The molecule has 0 radical (unpaired) electrons. The minimum absolute atomic E-state index is 0.181. The van der Waals surface area contributed by atoms with Crippen LogP contribution in [0.15, 0.2) is 18.2 Å². The van der Waals surface area contributed by atoms with E-state index < -0.39 is 0 Å². The van der Waals surface area contributed by atoms with Crippen molar-refractivity contribution in [1.82, 2.24) is 0 Å². The van der Waals surface area contributed by atoms with Crippen molar-refractivity contribution in [2.24, 2.45) is 11.7 Å². The van der Waals surface area contributed by atoms with Gasteiger partial charge in [0, 0.05) is 12.0 Å². The van der Waals surface area contributed by atoms with Crippen LogP contribution >= 0.6 is 0 Å². The Balaban J connectivity index is 3.04. The first-order valence-corrected chi connectivity index (χ1v) is 6.56. The normalized spacial score (nSPS) is 14.6. The highest BCUT2D eigenvalue weighted by molar-refractivity contribution is 5.34. The summed E-state index contributed by atoms with van der Waals surface area (Å²) in [5.41, 5.74) is 6.64. The van der Waals surface area contributed by atoms with Gasteiger partial charge < -0.3 is 10.5 Å². The summed E-state index contributed by atoms with van der Waals surface area (Å²) in [7, 11) is 0. The highest BCUT2D eigenvalue weighted by Gasteiger charge is 2.27. The molecule has 0 saturated heterocycles. The van der Waals surface area contributed by atoms with Crippen LogP contribution < -0.4 is 10.5 Å². The average molecular weight is 253 g/mol. The Morgan fingerprint density at radius 2 is 2.06 bits per heavy atom. The van der Waals surface area contributed by atoms with E-state index in [4.69, 9.17) is 10.5 Å². The van der Waals surface area contributed by atoms with Crippen molar-refractivity contribution < 1.29 is 9.13 Å². The monoisotopic (exact) mass is 253 g/mol. The van der Waals surface area contributed by atoms with Crippen molar-refractivity contribution in [3.8, 4) is 5.75 Å². The van der Waals surface area contributed by atoms with Gasteiger partial charge in [-0.15, -0.1) is 0 Å². The molecule has 0 spiro atoms. The SMILES string of the molecule is CCOc1ccc(C(C)(CN)CC(C)C)cc1F. The topological polar surface area (TPSA) is 35.2 Å². The van der Waals surface area contributed by atoms with Crippen LogP contribution in [0, 0.1) is 11.7 Å². The van der Waals surface area contributed by atoms with Crippen molar-refractivity contribution in [2.45, 2.75) is 39.5 Å². The zero-order valence-electron chi connectivity index (χ0n) is 11.8. The third-order valence-electron chi connectivity index (χ3n) is 3.24. The molecule has 3 heteroatoms. The standard InChI is InChI=1S/C15H24FNO/c1-5-18-14-7-6-12(8-13(14)16)15(4,10-17)9-11(2)3/h6-8,11H,5,9-10,17H2,1-4H3. The molecule has 102 valence electrons. The molecule has 0 heterocycles. The highest BCUT2D eigenvalue weighted by Crippen LogP contribution is 2.32. The van der Waals surface area contributed by atoms with Crippen LogP contribution in [0.4, 0.5) is 4.39 Å². The van der Waals surface area contributed by atoms with Crippen LogP contribution in [0.5, 0.6) is 5.75 Å². The summed E-state index contributed by atoms with van der Waals surface area (Å²) in [6.45, 7) is 9.21. The quantitative estimate of drug-likeness (QED) is 0.842. The first-order valence-electron chi connectivity index (χ1n) is 6.56. The number of hydrogen-bond donors (Lipinski definition) is 1. The Hall–Kier alpha value is -1.09. The molecule has 1 unspecified atom stereocenters. The predicted molar refractivity (Wildman–Crippen MR) is 73.4 cm³/mol. The molecule has 1 atom stereocenters. The van der Waals surface area contributed by atoms with E-state index in [1.165, 1.54) is 0 Å². The van der Waals surface area contributed by atoms with Gasteiger partial charge in [0.2, 0.25) is 0 Å². The Morgan fingerprint density at radius 3 is 2.50 bits per heavy atom. The number of ether oxygens (including phenoxy) is 1. The van der Waals surface area contributed by atoms with E-state index in [0.717, 1.165) is 12.0 Å². The van der Waals surface area contributed by atoms with Gasteiger partial charge in [0.1, 0.15) is 0 Å². The summed E-state index contributed by atoms with van der Waals surface area (Å²) in [4.78, 5) is 0. The summed E-state index contributed by atoms with van der Waals surface area (Å²) >= 11 is 0. The molecular formula is C15H24FNO. The van der Waals surface area contributed by atoms with Crippen molar-refractivity contribution >= 4 is 0 Å². The van der Waals surface area contributed by atoms with Gasteiger partial charge in [0.05, 0.1) is 6.61 Å². The van der Waals surface area contributed by atoms with E-state index in [1.54, 1.807) is 12.1 Å². The fourth-order valence-corrected chi connectivity index (χ4v) is 2.37. The first kappa shape index (κ1) is 15.0. The highest BCUT2D eigenvalue weighted by atomic mass is 19.1. The lowest BCUT2D eigenvalue weighted by Crippen LogP contribution is -2.33. The molecule has 0 aliphatic heterocycles. The molecule has 1 aromatic carbocycles. The third-order valence-corrected chi connectivity index (χ3v) is 3.24. The number of rotatable bonds is 6. The fourth-order valence-electron chi connectivity index (χ4n) is 2.37. The molecule has 0 aromatic heterocycles. The maximum absolute atomic E-state index is 13.9. The molecule has 1 rings (SSSR count). The van der Waals surface area contributed by atoms with Crippen LogP contribution in [0.3, 0.4) is 0 Å². The van der Waals surface area contributed by atoms with E-state index in [1.807, 2.05) is 13.0 Å². The van der Waals surface area contributed by atoms with Crippen LogP contribution in [0.25, 0.3) is 0 Å². The van der Waals surface area contributed by atoms with E-state index in [0.29, 0.717) is 24.8 Å². The second-order valence-electron chi connectivity index (χ2n) is 5.44. The molecule has 0 aliphatic rings.